The van der Waals surface area contributed by atoms with Crippen molar-refractivity contribution in [2.45, 2.75) is 84.0 Å². The molecule has 0 saturated carbocycles. The van der Waals surface area contributed by atoms with Gasteiger partial charge in [-0.25, -0.2) is 0 Å². The van der Waals surface area contributed by atoms with Crippen molar-refractivity contribution in [3.8, 4) is 0 Å². The second-order valence-electron chi connectivity index (χ2n) is 7.89. The minimum absolute atomic E-state index is 0.331. The third-order valence-corrected chi connectivity index (χ3v) is 4.45. The van der Waals surface area contributed by atoms with Gasteiger partial charge in [-0.15, -0.1) is 0 Å². The number of piperidine rings is 1. The van der Waals surface area contributed by atoms with Crippen molar-refractivity contribution in [2.75, 3.05) is 13.1 Å². The first-order valence-electron chi connectivity index (χ1n) is 7.23. The van der Waals surface area contributed by atoms with Crippen LogP contribution in [0.1, 0.15) is 60.8 Å². The largest absolute Gasteiger partial charge is 0.295 e. The van der Waals surface area contributed by atoms with E-state index in [2.05, 4.69) is 51.3 Å². The van der Waals surface area contributed by atoms with Crippen LogP contribution >= 0.6 is 0 Å². The number of fused-ring (bicyclic) bond motifs is 2. The fourth-order valence-corrected chi connectivity index (χ4v) is 3.75. The van der Waals surface area contributed by atoms with Crippen LogP contribution in [0, 0.1) is 0 Å². The minimum atomic E-state index is 0.331. The van der Waals surface area contributed by atoms with E-state index in [9.17, 15) is 0 Å². The van der Waals surface area contributed by atoms with Crippen molar-refractivity contribution in [3.05, 3.63) is 0 Å². The number of hydrogen-bond donors (Lipinski definition) is 0. The van der Waals surface area contributed by atoms with Crippen LogP contribution in [-0.4, -0.2) is 46.1 Å². The van der Waals surface area contributed by atoms with Crippen LogP contribution in [0.25, 0.3) is 0 Å². The molecular weight excluding hydrogens is 208 g/mol. The minimum Gasteiger partial charge on any atom is -0.295 e. The molecule has 0 spiro atoms. The van der Waals surface area contributed by atoms with Crippen molar-refractivity contribution in [2.24, 2.45) is 0 Å². The Labute approximate surface area is 107 Å². The maximum absolute atomic E-state index is 2.80. The Morgan fingerprint density at radius 3 is 1.59 bits per heavy atom. The van der Waals surface area contributed by atoms with Crippen molar-refractivity contribution >= 4 is 0 Å². The zero-order valence-electron chi connectivity index (χ0n) is 12.6. The Kier molecular flexibility index (Phi) is 3.33. The summed E-state index contributed by atoms with van der Waals surface area (Å²) in [5, 5.41) is 0. The number of nitrogens with zero attached hydrogens (tertiary/aromatic N) is 2. The number of piperazine rings is 1. The first kappa shape index (κ1) is 13.4. The predicted molar refractivity (Wildman–Crippen MR) is 74.3 cm³/mol. The second kappa shape index (κ2) is 4.24. The van der Waals surface area contributed by atoms with Crippen molar-refractivity contribution in [1.82, 2.24) is 9.80 Å². The third-order valence-electron chi connectivity index (χ3n) is 4.45. The zero-order valence-corrected chi connectivity index (χ0v) is 12.6. The fourth-order valence-electron chi connectivity index (χ4n) is 3.75. The molecule has 2 rings (SSSR count). The van der Waals surface area contributed by atoms with E-state index in [0.29, 0.717) is 11.1 Å². The highest BCUT2D eigenvalue weighted by Crippen LogP contribution is 2.36. The lowest BCUT2D eigenvalue weighted by Gasteiger charge is -2.58. The molecule has 0 aliphatic carbocycles. The van der Waals surface area contributed by atoms with E-state index in [1.165, 1.54) is 32.4 Å². The topological polar surface area (TPSA) is 6.48 Å². The molecule has 2 aliphatic heterocycles. The summed E-state index contributed by atoms with van der Waals surface area (Å²) in [6.07, 6.45) is 4.21. The monoisotopic (exact) mass is 238 g/mol. The molecule has 0 N–H and O–H groups in total. The van der Waals surface area contributed by atoms with Crippen LogP contribution in [0.4, 0.5) is 0 Å². The Balaban J connectivity index is 2.17. The van der Waals surface area contributed by atoms with Crippen LogP contribution < -0.4 is 0 Å². The van der Waals surface area contributed by atoms with Gasteiger partial charge in [0.25, 0.3) is 0 Å². The zero-order chi connectivity index (χ0) is 12.8. The number of likely N-dealkylation sites (tertiary alicyclic amines) is 1. The average molecular weight is 238 g/mol. The normalized spacial score (nSPS) is 32.8. The van der Waals surface area contributed by atoms with E-state index in [-0.39, 0.29) is 0 Å². The van der Waals surface area contributed by atoms with Gasteiger partial charge in [0.15, 0.2) is 0 Å². The van der Waals surface area contributed by atoms with Crippen molar-refractivity contribution < 1.29 is 0 Å². The van der Waals surface area contributed by atoms with E-state index < -0.39 is 0 Å². The van der Waals surface area contributed by atoms with Gasteiger partial charge in [-0.05, 0) is 54.4 Å². The maximum atomic E-state index is 2.80. The SMILES string of the molecule is CC(C)(C)N1CC2CCCC(C1)N2C(C)(C)C. The van der Waals surface area contributed by atoms with Gasteiger partial charge in [-0.2, -0.15) is 0 Å². The smallest absolute Gasteiger partial charge is 0.0232 e. The molecule has 100 valence electrons. The van der Waals surface area contributed by atoms with Gasteiger partial charge in [-0.1, -0.05) is 6.42 Å². The lowest BCUT2D eigenvalue weighted by atomic mass is 9.84. The molecule has 0 aromatic carbocycles. The Morgan fingerprint density at radius 1 is 0.765 bits per heavy atom. The summed E-state index contributed by atoms with van der Waals surface area (Å²) in [6, 6.07) is 1.56. The van der Waals surface area contributed by atoms with Gasteiger partial charge >= 0.3 is 0 Å². The molecule has 2 fully saturated rings. The summed E-state index contributed by atoms with van der Waals surface area (Å²) >= 11 is 0. The molecule has 0 amide bonds. The van der Waals surface area contributed by atoms with E-state index in [1.54, 1.807) is 0 Å². The van der Waals surface area contributed by atoms with Crippen LogP contribution in [0.5, 0.6) is 0 Å². The summed E-state index contributed by atoms with van der Waals surface area (Å²) in [4.78, 5) is 5.50. The average Bonchev–Trinajstić information content (AvgIpc) is 2.12. The summed E-state index contributed by atoms with van der Waals surface area (Å²) in [5.41, 5.74) is 0.664. The Morgan fingerprint density at radius 2 is 1.24 bits per heavy atom. The molecule has 2 heteroatoms. The molecule has 0 aromatic rings. The van der Waals surface area contributed by atoms with Crippen LogP contribution in [0.3, 0.4) is 0 Å². The highest BCUT2D eigenvalue weighted by atomic mass is 15.4. The van der Waals surface area contributed by atoms with Gasteiger partial charge in [0, 0.05) is 36.3 Å². The van der Waals surface area contributed by atoms with E-state index in [0.717, 1.165) is 12.1 Å². The highest BCUT2D eigenvalue weighted by molar-refractivity contribution is 5.00. The van der Waals surface area contributed by atoms with Crippen LogP contribution in [0.2, 0.25) is 0 Å². The molecule has 0 aromatic heterocycles. The van der Waals surface area contributed by atoms with Crippen LogP contribution in [0.15, 0.2) is 0 Å². The van der Waals surface area contributed by atoms with Gasteiger partial charge in [0.2, 0.25) is 0 Å². The van der Waals surface area contributed by atoms with E-state index in [1.807, 2.05) is 0 Å². The standard InChI is InChI=1S/C15H30N2/c1-14(2,3)16-10-12-8-7-9-13(11-16)17(12)15(4,5)6/h12-13H,7-11H2,1-6H3. The molecule has 0 radical (unpaired) electrons. The molecule has 2 saturated heterocycles. The first-order chi connectivity index (χ1) is 7.69. The molecule has 2 unspecified atom stereocenters. The third kappa shape index (κ3) is 2.68. The fraction of sp³-hybridized carbons (Fsp3) is 1.00. The molecule has 2 atom stereocenters. The molecule has 2 bridgehead atoms. The predicted octanol–water partition coefficient (Wildman–Crippen LogP) is 3.12. The van der Waals surface area contributed by atoms with E-state index in [4.69, 9.17) is 0 Å². The summed E-state index contributed by atoms with van der Waals surface area (Å²) in [5.74, 6) is 0. The molecule has 2 nitrogen and oxygen atoms in total. The van der Waals surface area contributed by atoms with Crippen molar-refractivity contribution in [3.63, 3.8) is 0 Å². The quantitative estimate of drug-likeness (QED) is 0.640. The number of hydrogen-bond acceptors (Lipinski definition) is 2. The van der Waals surface area contributed by atoms with Crippen molar-refractivity contribution in [1.29, 1.82) is 0 Å². The molecule has 2 aliphatic rings. The summed E-state index contributed by atoms with van der Waals surface area (Å²) < 4.78 is 0. The lowest BCUT2D eigenvalue weighted by Crippen LogP contribution is -2.68. The molecule has 17 heavy (non-hydrogen) atoms. The highest BCUT2D eigenvalue weighted by Gasteiger charge is 2.44. The Bertz CT molecular complexity index is 258. The maximum Gasteiger partial charge on any atom is 0.0232 e. The summed E-state index contributed by atoms with van der Waals surface area (Å²) in [7, 11) is 0. The van der Waals surface area contributed by atoms with Gasteiger partial charge in [-0.3, -0.25) is 9.80 Å². The first-order valence-corrected chi connectivity index (χ1v) is 7.23. The van der Waals surface area contributed by atoms with Gasteiger partial charge < -0.3 is 0 Å². The van der Waals surface area contributed by atoms with E-state index >= 15 is 0 Å². The van der Waals surface area contributed by atoms with Crippen LogP contribution in [-0.2, 0) is 0 Å². The summed E-state index contributed by atoms with van der Waals surface area (Å²) in [6.45, 7) is 16.7. The lowest BCUT2D eigenvalue weighted by molar-refractivity contribution is -0.0846. The van der Waals surface area contributed by atoms with Gasteiger partial charge in [0.1, 0.15) is 0 Å². The van der Waals surface area contributed by atoms with Gasteiger partial charge in [0.05, 0.1) is 0 Å². The molecular formula is C15H30N2. The second-order valence-corrected chi connectivity index (χ2v) is 7.89. The number of rotatable bonds is 0. The molecule has 2 heterocycles. The Hall–Kier alpha value is -0.0800.